The van der Waals surface area contributed by atoms with Crippen molar-refractivity contribution in [3.05, 3.63) is 46.2 Å². The molecule has 28 heavy (non-hydrogen) atoms. The molecule has 0 bridgehead atoms. The van der Waals surface area contributed by atoms with Gasteiger partial charge in [0.2, 0.25) is 0 Å². The zero-order valence-corrected chi connectivity index (χ0v) is 16.5. The Bertz CT molecular complexity index is 1150. The second-order valence-corrected chi connectivity index (χ2v) is 8.12. The molecule has 0 radical (unpaired) electrons. The number of rotatable bonds is 3. The summed E-state index contributed by atoms with van der Waals surface area (Å²) in [5.74, 6) is -2.29. The van der Waals surface area contributed by atoms with Gasteiger partial charge in [-0.1, -0.05) is 34.5 Å². The number of ether oxygens (including phenoxy) is 1. The van der Waals surface area contributed by atoms with E-state index in [-0.39, 0.29) is 21.6 Å². The number of halogens is 3. The number of aromatic nitrogens is 1. The minimum absolute atomic E-state index is 0.133. The van der Waals surface area contributed by atoms with E-state index in [2.05, 4.69) is 4.98 Å². The SMILES string of the molecule is CC1(CC(=O)O)Oc2ccc(F)cc2N(c2nc3ccc(Cl)c(Cl)c3s2)C1=O. The van der Waals surface area contributed by atoms with Crippen LogP contribution in [0, 0.1) is 5.82 Å². The normalized spacial score (nSPS) is 18.9. The first-order valence-electron chi connectivity index (χ1n) is 7.99. The number of carboxylic acid groups (broad SMARTS) is 1. The summed E-state index contributed by atoms with van der Waals surface area (Å²) >= 11 is 13.4. The summed E-state index contributed by atoms with van der Waals surface area (Å²) in [5, 5.41) is 10.0. The smallest absolute Gasteiger partial charge is 0.307 e. The molecule has 144 valence electrons. The summed E-state index contributed by atoms with van der Waals surface area (Å²) in [6, 6.07) is 6.88. The zero-order chi connectivity index (χ0) is 20.2. The van der Waals surface area contributed by atoms with E-state index >= 15 is 0 Å². The Morgan fingerprint density at radius 2 is 2.11 bits per heavy atom. The third-order valence-corrected chi connectivity index (χ3v) is 6.26. The number of carbonyl (C=O) groups excluding carboxylic acids is 1. The number of hydrogen-bond donors (Lipinski definition) is 1. The van der Waals surface area contributed by atoms with Crippen molar-refractivity contribution < 1.29 is 23.8 Å². The van der Waals surface area contributed by atoms with Crippen molar-refractivity contribution in [3.8, 4) is 5.75 Å². The van der Waals surface area contributed by atoms with Crippen LogP contribution in [-0.4, -0.2) is 27.6 Å². The topological polar surface area (TPSA) is 79.7 Å². The average Bonchev–Trinajstić information content (AvgIpc) is 3.04. The lowest BCUT2D eigenvalue weighted by molar-refractivity contribution is -0.148. The predicted octanol–water partition coefficient (Wildman–Crippen LogP) is 5.03. The molecule has 6 nitrogen and oxygen atoms in total. The summed E-state index contributed by atoms with van der Waals surface area (Å²) in [5.41, 5.74) is -1.05. The van der Waals surface area contributed by atoms with Crippen molar-refractivity contribution >= 4 is 67.5 Å². The molecule has 0 fully saturated rings. The van der Waals surface area contributed by atoms with Gasteiger partial charge in [0.05, 0.1) is 32.4 Å². The minimum Gasteiger partial charge on any atom is -0.481 e. The number of thiazole rings is 1. The molecule has 1 aliphatic heterocycles. The third-order valence-electron chi connectivity index (χ3n) is 4.27. The Kier molecular flexibility index (Phi) is 4.45. The van der Waals surface area contributed by atoms with Crippen LogP contribution >= 0.6 is 34.5 Å². The zero-order valence-electron chi connectivity index (χ0n) is 14.2. The fraction of sp³-hybridized carbons (Fsp3) is 0.167. The number of anilines is 2. The Balaban J connectivity index is 1.93. The van der Waals surface area contributed by atoms with E-state index in [9.17, 15) is 19.1 Å². The van der Waals surface area contributed by atoms with Crippen molar-refractivity contribution in [3.63, 3.8) is 0 Å². The fourth-order valence-electron chi connectivity index (χ4n) is 2.99. The van der Waals surface area contributed by atoms with Crippen LogP contribution in [0.15, 0.2) is 30.3 Å². The molecule has 1 unspecified atom stereocenters. The van der Waals surface area contributed by atoms with Gasteiger partial charge in [-0.15, -0.1) is 0 Å². The molecule has 1 atom stereocenters. The van der Waals surface area contributed by atoms with Gasteiger partial charge in [-0.05, 0) is 31.2 Å². The maximum absolute atomic E-state index is 13.9. The summed E-state index contributed by atoms with van der Waals surface area (Å²) in [7, 11) is 0. The molecule has 2 heterocycles. The molecule has 4 rings (SSSR count). The van der Waals surface area contributed by atoms with Crippen molar-refractivity contribution in [2.24, 2.45) is 0 Å². The number of carboxylic acids is 1. The number of nitrogens with zero attached hydrogens (tertiary/aromatic N) is 2. The highest BCUT2D eigenvalue weighted by atomic mass is 35.5. The highest BCUT2D eigenvalue weighted by Gasteiger charge is 2.48. The van der Waals surface area contributed by atoms with Crippen molar-refractivity contribution in [1.82, 2.24) is 4.98 Å². The van der Waals surface area contributed by atoms with Gasteiger partial charge in [0.1, 0.15) is 11.6 Å². The Hall–Kier alpha value is -2.42. The van der Waals surface area contributed by atoms with Crippen LogP contribution in [0.4, 0.5) is 15.2 Å². The lowest BCUT2D eigenvalue weighted by Gasteiger charge is -2.38. The molecule has 0 saturated carbocycles. The number of hydrogen-bond acceptors (Lipinski definition) is 5. The number of amides is 1. The van der Waals surface area contributed by atoms with Gasteiger partial charge in [-0.25, -0.2) is 14.3 Å². The molecule has 2 aromatic carbocycles. The van der Waals surface area contributed by atoms with Crippen molar-refractivity contribution in [2.45, 2.75) is 18.9 Å². The quantitative estimate of drug-likeness (QED) is 0.617. The molecule has 3 aromatic rings. The Morgan fingerprint density at radius 1 is 1.36 bits per heavy atom. The van der Waals surface area contributed by atoms with Gasteiger partial charge in [-0.3, -0.25) is 9.59 Å². The average molecular weight is 441 g/mol. The molecule has 0 aliphatic carbocycles. The fourth-order valence-corrected chi connectivity index (χ4v) is 4.50. The van der Waals surface area contributed by atoms with Gasteiger partial charge >= 0.3 is 5.97 Å². The molecule has 0 spiro atoms. The summed E-state index contributed by atoms with van der Waals surface area (Å²) < 4.78 is 20.1. The van der Waals surface area contributed by atoms with Crippen LogP contribution in [0.3, 0.4) is 0 Å². The van der Waals surface area contributed by atoms with Crippen LogP contribution in [0.1, 0.15) is 13.3 Å². The van der Waals surface area contributed by atoms with E-state index in [1.54, 1.807) is 12.1 Å². The van der Waals surface area contributed by atoms with E-state index in [1.807, 2.05) is 0 Å². The third kappa shape index (κ3) is 2.97. The van der Waals surface area contributed by atoms with E-state index in [4.69, 9.17) is 27.9 Å². The second kappa shape index (κ2) is 6.58. The molecule has 1 aliphatic rings. The van der Waals surface area contributed by atoms with Crippen molar-refractivity contribution in [1.29, 1.82) is 0 Å². The van der Waals surface area contributed by atoms with Crippen LogP contribution in [0.25, 0.3) is 10.2 Å². The molecule has 1 N–H and O–H groups in total. The van der Waals surface area contributed by atoms with Crippen LogP contribution in [-0.2, 0) is 9.59 Å². The predicted molar refractivity (Wildman–Crippen MR) is 104 cm³/mol. The first-order valence-corrected chi connectivity index (χ1v) is 9.56. The number of benzene rings is 2. The van der Waals surface area contributed by atoms with Gasteiger partial charge < -0.3 is 9.84 Å². The largest absolute Gasteiger partial charge is 0.481 e. The van der Waals surface area contributed by atoms with Gasteiger partial charge in [0.15, 0.2) is 10.7 Å². The lowest BCUT2D eigenvalue weighted by atomic mass is 9.97. The minimum atomic E-state index is -1.68. The molecular formula is C18H11Cl2FN2O4S. The summed E-state index contributed by atoms with van der Waals surface area (Å²) in [4.78, 5) is 30.1. The van der Waals surface area contributed by atoms with Crippen LogP contribution in [0.5, 0.6) is 5.75 Å². The first-order chi connectivity index (χ1) is 13.2. The van der Waals surface area contributed by atoms with Crippen LogP contribution in [0.2, 0.25) is 10.0 Å². The van der Waals surface area contributed by atoms with E-state index in [1.165, 1.54) is 24.0 Å². The standard InChI is InChI=1S/C18H11Cl2FN2O4S/c1-18(7-13(24)25)16(26)23(11-6-8(21)2-5-12(11)27-18)17-22-10-4-3-9(19)14(20)15(10)28-17/h2-6H,7H2,1H3,(H,24,25). The second-order valence-electron chi connectivity index (χ2n) is 6.36. The Labute approximate surface area is 172 Å². The molecule has 10 heteroatoms. The van der Waals surface area contributed by atoms with Gasteiger partial charge in [0.25, 0.3) is 5.91 Å². The Morgan fingerprint density at radius 3 is 2.82 bits per heavy atom. The lowest BCUT2D eigenvalue weighted by Crippen LogP contribution is -2.53. The van der Waals surface area contributed by atoms with Gasteiger partial charge in [0, 0.05) is 6.07 Å². The highest BCUT2D eigenvalue weighted by molar-refractivity contribution is 7.23. The maximum atomic E-state index is 13.9. The first kappa shape index (κ1) is 18.9. The van der Waals surface area contributed by atoms with E-state index in [0.717, 1.165) is 17.4 Å². The number of carbonyl (C=O) groups is 2. The highest BCUT2D eigenvalue weighted by Crippen LogP contribution is 2.46. The van der Waals surface area contributed by atoms with E-state index < -0.39 is 29.7 Å². The molecule has 1 amide bonds. The van der Waals surface area contributed by atoms with E-state index in [0.29, 0.717) is 15.2 Å². The monoisotopic (exact) mass is 440 g/mol. The van der Waals surface area contributed by atoms with Gasteiger partial charge in [-0.2, -0.15) is 0 Å². The summed E-state index contributed by atoms with van der Waals surface area (Å²) in [6.45, 7) is 1.37. The van der Waals surface area contributed by atoms with Crippen LogP contribution < -0.4 is 9.64 Å². The maximum Gasteiger partial charge on any atom is 0.307 e. The summed E-state index contributed by atoms with van der Waals surface area (Å²) in [6.07, 6.45) is -0.573. The molecule has 1 aromatic heterocycles. The molecule has 0 saturated heterocycles. The van der Waals surface area contributed by atoms with Crippen molar-refractivity contribution in [2.75, 3.05) is 4.90 Å². The molecular weight excluding hydrogens is 430 g/mol. The number of aliphatic carboxylic acids is 1. The number of fused-ring (bicyclic) bond motifs is 2.